The van der Waals surface area contributed by atoms with Gasteiger partial charge >= 0.3 is 0 Å². The van der Waals surface area contributed by atoms with Crippen molar-refractivity contribution in [1.29, 1.82) is 0 Å². The summed E-state index contributed by atoms with van der Waals surface area (Å²) in [5.41, 5.74) is 6.69. The van der Waals surface area contributed by atoms with Gasteiger partial charge in [-0.3, -0.25) is 0 Å². The summed E-state index contributed by atoms with van der Waals surface area (Å²) in [6.45, 7) is 0.964. The van der Waals surface area contributed by atoms with Crippen LogP contribution in [0.5, 0.6) is 11.5 Å². The molecule has 1 aromatic carbocycles. The highest BCUT2D eigenvalue weighted by Gasteiger charge is 2.45. The first kappa shape index (κ1) is 13.1. The van der Waals surface area contributed by atoms with Crippen LogP contribution in [-0.4, -0.2) is 45.2 Å². The first-order valence-corrected chi connectivity index (χ1v) is 5.84. The lowest BCUT2D eigenvalue weighted by Crippen LogP contribution is -2.60. The number of methoxy groups -OCH3 is 2. The van der Waals surface area contributed by atoms with Crippen molar-refractivity contribution in [2.24, 2.45) is 5.73 Å². The summed E-state index contributed by atoms with van der Waals surface area (Å²) in [5.74, 6) is 1.33. The fourth-order valence-corrected chi connectivity index (χ4v) is 2.24. The fraction of sp³-hybridized carbons (Fsp3) is 0.538. The van der Waals surface area contributed by atoms with E-state index < -0.39 is 0 Å². The van der Waals surface area contributed by atoms with Crippen molar-refractivity contribution in [3.63, 3.8) is 0 Å². The Kier molecular flexibility index (Phi) is 3.75. The molecule has 0 bridgehead atoms. The van der Waals surface area contributed by atoms with Crippen LogP contribution in [0.15, 0.2) is 18.2 Å². The van der Waals surface area contributed by atoms with Crippen molar-refractivity contribution in [3.8, 4) is 11.5 Å². The molecule has 1 atom stereocenters. The third kappa shape index (κ3) is 1.94. The number of ether oxygens (including phenoxy) is 3. The first-order valence-electron chi connectivity index (χ1n) is 5.84. The molecule has 2 rings (SSSR count). The maximum atomic E-state index is 9.29. The highest BCUT2D eigenvalue weighted by Crippen LogP contribution is 2.39. The second kappa shape index (κ2) is 5.14. The molecule has 0 radical (unpaired) electrons. The summed E-state index contributed by atoms with van der Waals surface area (Å²) >= 11 is 0. The minimum Gasteiger partial charge on any atom is -0.493 e. The van der Waals surface area contributed by atoms with Gasteiger partial charge in [0.1, 0.15) is 0 Å². The smallest absolute Gasteiger partial charge is 0.161 e. The normalized spacial score (nSPS) is 18.9. The maximum absolute atomic E-state index is 9.29. The van der Waals surface area contributed by atoms with Gasteiger partial charge in [-0.05, 0) is 17.7 Å². The van der Waals surface area contributed by atoms with E-state index in [0.29, 0.717) is 24.7 Å². The van der Waals surface area contributed by atoms with Crippen LogP contribution < -0.4 is 15.2 Å². The lowest BCUT2D eigenvalue weighted by atomic mass is 9.73. The molecule has 1 unspecified atom stereocenters. The van der Waals surface area contributed by atoms with Crippen LogP contribution in [0.1, 0.15) is 5.56 Å². The number of nitrogens with two attached hydrogens (primary N) is 1. The van der Waals surface area contributed by atoms with Gasteiger partial charge < -0.3 is 25.1 Å². The predicted octanol–water partition coefficient (Wildman–Crippen LogP) is 0.291. The van der Waals surface area contributed by atoms with Crippen molar-refractivity contribution >= 4 is 0 Å². The third-order valence-corrected chi connectivity index (χ3v) is 3.58. The second-order valence-electron chi connectivity index (χ2n) is 4.51. The number of hydrogen-bond acceptors (Lipinski definition) is 5. The highest BCUT2D eigenvalue weighted by molar-refractivity contribution is 5.46. The minimum absolute atomic E-state index is 0.0717. The molecule has 1 aliphatic rings. The van der Waals surface area contributed by atoms with Gasteiger partial charge in [-0.2, -0.15) is 0 Å². The summed E-state index contributed by atoms with van der Waals surface area (Å²) in [5, 5.41) is 9.29. The van der Waals surface area contributed by atoms with Crippen LogP contribution in [0.4, 0.5) is 0 Å². The topological polar surface area (TPSA) is 73.9 Å². The van der Waals surface area contributed by atoms with E-state index in [0.717, 1.165) is 5.56 Å². The lowest BCUT2D eigenvalue weighted by Gasteiger charge is -2.45. The molecule has 1 aromatic rings. The van der Waals surface area contributed by atoms with Crippen LogP contribution in [0.25, 0.3) is 0 Å². The van der Waals surface area contributed by atoms with E-state index in [9.17, 15) is 5.11 Å². The maximum Gasteiger partial charge on any atom is 0.161 e. The molecule has 1 heterocycles. The van der Waals surface area contributed by atoms with Crippen LogP contribution in [0.3, 0.4) is 0 Å². The molecule has 100 valence electrons. The summed E-state index contributed by atoms with van der Waals surface area (Å²) < 4.78 is 15.8. The zero-order valence-electron chi connectivity index (χ0n) is 10.7. The van der Waals surface area contributed by atoms with E-state index in [4.69, 9.17) is 19.9 Å². The van der Waals surface area contributed by atoms with E-state index in [1.165, 1.54) is 0 Å². The molecule has 3 N–H and O–H groups in total. The van der Waals surface area contributed by atoms with Gasteiger partial charge in [0.2, 0.25) is 0 Å². The quantitative estimate of drug-likeness (QED) is 0.789. The second-order valence-corrected chi connectivity index (χ2v) is 4.51. The van der Waals surface area contributed by atoms with E-state index in [1.54, 1.807) is 14.2 Å². The standard InChI is InChI=1S/C13H19NO4/c1-16-10-4-3-9(5-11(10)17-2)13(7-18-8-13)12(14)6-15/h3-5,12,15H,6-8,14H2,1-2H3. The third-order valence-electron chi connectivity index (χ3n) is 3.58. The first-order chi connectivity index (χ1) is 8.67. The van der Waals surface area contributed by atoms with Crippen LogP contribution in [0, 0.1) is 0 Å². The Balaban J connectivity index is 2.37. The summed E-state index contributed by atoms with van der Waals surface area (Å²) in [7, 11) is 3.19. The SMILES string of the molecule is COc1ccc(C2(C(N)CO)COC2)cc1OC. The van der Waals surface area contributed by atoms with Gasteiger partial charge in [-0.15, -0.1) is 0 Å². The number of benzene rings is 1. The molecule has 0 aliphatic carbocycles. The van der Waals surface area contributed by atoms with Crippen molar-refractivity contribution in [2.75, 3.05) is 34.0 Å². The van der Waals surface area contributed by atoms with Gasteiger partial charge in [0.25, 0.3) is 0 Å². The molecular weight excluding hydrogens is 234 g/mol. The van der Waals surface area contributed by atoms with Gasteiger partial charge in [-0.1, -0.05) is 6.07 Å². The molecule has 1 fully saturated rings. The molecule has 5 heteroatoms. The fourth-order valence-electron chi connectivity index (χ4n) is 2.24. The highest BCUT2D eigenvalue weighted by atomic mass is 16.5. The Hall–Kier alpha value is -1.30. The van der Waals surface area contributed by atoms with Gasteiger partial charge in [-0.25, -0.2) is 0 Å². The molecule has 5 nitrogen and oxygen atoms in total. The minimum atomic E-state index is -0.343. The van der Waals surface area contributed by atoms with Crippen molar-refractivity contribution in [1.82, 2.24) is 0 Å². The Morgan fingerprint density at radius 3 is 2.44 bits per heavy atom. The Morgan fingerprint density at radius 1 is 1.33 bits per heavy atom. The zero-order chi connectivity index (χ0) is 13.2. The average Bonchev–Trinajstić information content (AvgIpc) is 2.36. The van der Waals surface area contributed by atoms with E-state index in [1.807, 2.05) is 18.2 Å². The molecule has 18 heavy (non-hydrogen) atoms. The van der Waals surface area contributed by atoms with Gasteiger partial charge in [0, 0.05) is 6.04 Å². The number of hydrogen-bond donors (Lipinski definition) is 2. The van der Waals surface area contributed by atoms with Crippen LogP contribution in [0.2, 0.25) is 0 Å². The van der Waals surface area contributed by atoms with Crippen LogP contribution in [-0.2, 0) is 10.2 Å². The number of rotatable bonds is 5. The van der Waals surface area contributed by atoms with Crippen molar-refractivity contribution in [2.45, 2.75) is 11.5 Å². The summed E-state index contributed by atoms with van der Waals surface area (Å²) in [6.07, 6.45) is 0. The molecule has 0 saturated carbocycles. The van der Waals surface area contributed by atoms with Gasteiger partial charge in [0.15, 0.2) is 11.5 Å². The predicted molar refractivity (Wildman–Crippen MR) is 67.1 cm³/mol. The van der Waals surface area contributed by atoms with Crippen LogP contribution >= 0.6 is 0 Å². The van der Waals surface area contributed by atoms with E-state index in [2.05, 4.69) is 0 Å². The van der Waals surface area contributed by atoms with Crippen molar-refractivity contribution in [3.05, 3.63) is 23.8 Å². The molecule has 0 amide bonds. The molecular formula is C13H19NO4. The van der Waals surface area contributed by atoms with E-state index >= 15 is 0 Å². The number of aliphatic hydroxyl groups excluding tert-OH is 1. The summed E-state index contributed by atoms with van der Waals surface area (Å²) in [4.78, 5) is 0. The lowest BCUT2D eigenvalue weighted by molar-refractivity contribution is -0.0798. The zero-order valence-corrected chi connectivity index (χ0v) is 10.7. The Bertz CT molecular complexity index is 417. The van der Waals surface area contributed by atoms with Gasteiger partial charge in [0.05, 0.1) is 39.5 Å². The molecule has 0 spiro atoms. The summed E-state index contributed by atoms with van der Waals surface area (Å²) in [6, 6.07) is 5.35. The van der Waals surface area contributed by atoms with E-state index in [-0.39, 0.29) is 18.1 Å². The Labute approximate surface area is 106 Å². The molecule has 1 aliphatic heterocycles. The van der Waals surface area contributed by atoms with Crippen molar-refractivity contribution < 1.29 is 19.3 Å². The monoisotopic (exact) mass is 253 g/mol. The Morgan fingerprint density at radius 2 is 2.00 bits per heavy atom. The molecule has 0 aromatic heterocycles. The average molecular weight is 253 g/mol. The number of aliphatic hydroxyl groups is 1. The largest absolute Gasteiger partial charge is 0.493 e. The molecule has 1 saturated heterocycles.